The number of benzene rings is 2. The normalized spacial score (nSPS) is 13.0. The third kappa shape index (κ3) is 7.21. The van der Waals surface area contributed by atoms with E-state index in [0.717, 1.165) is 23.2 Å². The molecule has 1 aromatic heterocycles. The highest BCUT2D eigenvalue weighted by Crippen LogP contribution is 2.25. The molecule has 0 saturated heterocycles. The first-order chi connectivity index (χ1) is 18.7. The minimum absolute atomic E-state index is 0.00639. The van der Waals surface area contributed by atoms with Crippen molar-refractivity contribution in [2.24, 2.45) is 0 Å². The van der Waals surface area contributed by atoms with Crippen LogP contribution in [0.15, 0.2) is 47.0 Å². The molecule has 0 unspecified atom stereocenters. The number of hydrazine groups is 1. The number of fused-ring (bicyclic) bond motifs is 1. The number of hydrogen-bond acceptors (Lipinski definition) is 8. The highest BCUT2D eigenvalue weighted by atomic mass is 16.5. The van der Waals surface area contributed by atoms with Crippen LogP contribution in [0, 0.1) is 6.92 Å². The van der Waals surface area contributed by atoms with Gasteiger partial charge in [0.2, 0.25) is 17.6 Å². The Bertz CT molecular complexity index is 1260. The van der Waals surface area contributed by atoms with Gasteiger partial charge in [0.15, 0.2) is 0 Å². The third-order valence-corrected chi connectivity index (χ3v) is 6.93. The van der Waals surface area contributed by atoms with E-state index in [2.05, 4.69) is 53.7 Å². The van der Waals surface area contributed by atoms with Crippen LogP contribution in [0.3, 0.4) is 0 Å². The highest BCUT2D eigenvalue weighted by molar-refractivity contribution is 5.87. The fraction of sp³-hybridized carbons (Fsp3) is 0.448. The molecule has 2 aromatic carbocycles. The van der Waals surface area contributed by atoms with E-state index < -0.39 is 0 Å². The molecule has 0 aliphatic carbocycles. The molecule has 39 heavy (non-hydrogen) atoms. The predicted molar refractivity (Wildman–Crippen MR) is 151 cm³/mol. The number of carbonyl (C=O) groups is 2. The van der Waals surface area contributed by atoms with Crippen molar-refractivity contribution < 1.29 is 14.1 Å². The Morgan fingerprint density at radius 3 is 2.44 bits per heavy atom. The van der Waals surface area contributed by atoms with Crippen molar-refractivity contribution in [3.8, 4) is 11.4 Å². The van der Waals surface area contributed by atoms with Crippen LogP contribution in [0.1, 0.15) is 43.4 Å². The van der Waals surface area contributed by atoms with Crippen LogP contribution in [0.4, 0.5) is 5.69 Å². The molecule has 0 spiro atoms. The van der Waals surface area contributed by atoms with E-state index in [1.807, 2.05) is 35.3 Å². The lowest BCUT2D eigenvalue weighted by Gasteiger charge is -2.31. The Kier molecular flexibility index (Phi) is 9.32. The molecule has 10 nitrogen and oxygen atoms in total. The number of amides is 2. The molecule has 0 radical (unpaired) electrons. The van der Waals surface area contributed by atoms with E-state index in [9.17, 15) is 9.59 Å². The SMILES string of the molecule is CCc1ccc(-c2noc(C)n2)cc1NCC(=O)N(CCNC(C)C)CC(=O)N(C)N1Cc2ccccc2C1. The summed E-state index contributed by atoms with van der Waals surface area (Å²) in [5.74, 6) is 0.732. The average Bonchev–Trinajstić information content (AvgIpc) is 3.56. The van der Waals surface area contributed by atoms with Gasteiger partial charge in [-0.05, 0) is 29.2 Å². The third-order valence-electron chi connectivity index (χ3n) is 6.93. The maximum atomic E-state index is 13.4. The number of aromatic nitrogens is 2. The van der Waals surface area contributed by atoms with Crippen LogP contribution in [0.25, 0.3) is 11.4 Å². The number of aryl methyl sites for hydroxylation is 2. The maximum absolute atomic E-state index is 13.4. The lowest BCUT2D eigenvalue weighted by atomic mass is 10.1. The van der Waals surface area contributed by atoms with Crippen LogP contribution in [0.2, 0.25) is 0 Å². The summed E-state index contributed by atoms with van der Waals surface area (Å²) in [6, 6.07) is 14.4. The topological polar surface area (TPSA) is 107 Å². The van der Waals surface area contributed by atoms with Gasteiger partial charge in [-0.15, -0.1) is 0 Å². The highest BCUT2D eigenvalue weighted by Gasteiger charge is 2.27. The fourth-order valence-corrected chi connectivity index (χ4v) is 4.62. The smallest absolute Gasteiger partial charge is 0.256 e. The van der Waals surface area contributed by atoms with Gasteiger partial charge in [-0.25, -0.2) is 5.01 Å². The van der Waals surface area contributed by atoms with Gasteiger partial charge >= 0.3 is 0 Å². The average molecular weight is 534 g/mol. The van der Waals surface area contributed by atoms with Crippen molar-refractivity contribution in [3.63, 3.8) is 0 Å². The van der Waals surface area contributed by atoms with Gasteiger partial charge in [0.05, 0.1) is 6.54 Å². The van der Waals surface area contributed by atoms with Crippen LogP contribution < -0.4 is 10.6 Å². The van der Waals surface area contributed by atoms with Crippen LogP contribution in [-0.2, 0) is 29.1 Å². The quantitative estimate of drug-likeness (QED) is 0.366. The lowest BCUT2D eigenvalue weighted by molar-refractivity contribution is -0.151. The monoisotopic (exact) mass is 533 g/mol. The summed E-state index contributed by atoms with van der Waals surface area (Å²) in [7, 11) is 1.78. The van der Waals surface area contributed by atoms with Crippen molar-refractivity contribution in [3.05, 3.63) is 65.0 Å². The maximum Gasteiger partial charge on any atom is 0.256 e. The lowest BCUT2D eigenvalue weighted by Crippen LogP contribution is -2.49. The number of rotatable bonds is 12. The number of nitrogens with zero attached hydrogens (tertiary/aromatic N) is 5. The van der Waals surface area contributed by atoms with Gasteiger partial charge < -0.3 is 20.1 Å². The molecule has 2 heterocycles. The zero-order valence-electron chi connectivity index (χ0n) is 23.5. The first kappa shape index (κ1) is 28.3. The minimum atomic E-state index is -0.144. The standard InChI is InChI=1S/C29H39N7O3/c1-6-22-11-12-23(29-32-21(4)39-33-29)15-26(22)31-16-27(37)35(14-13-30-20(2)3)19-28(38)34(5)36-17-24-9-7-8-10-25(24)18-36/h7-12,15,20,30-31H,6,13-14,16-19H2,1-5H3. The van der Waals surface area contributed by atoms with Gasteiger partial charge in [0.25, 0.3) is 5.91 Å². The number of likely N-dealkylation sites (N-methyl/N-ethyl adjacent to an activating group) is 1. The minimum Gasteiger partial charge on any atom is -0.376 e. The van der Waals surface area contributed by atoms with Crippen molar-refractivity contribution in [1.29, 1.82) is 0 Å². The van der Waals surface area contributed by atoms with E-state index in [1.165, 1.54) is 11.1 Å². The molecule has 4 rings (SSSR count). The van der Waals surface area contributed by atoms with Crippen molar-refractivity contribution in [2.45, 2.75) is 53.2 Å². The molecular formula is C29H39N7O3. The molecule has 1 aliphatic heterocycles. The Hall–Kier alpha value is -3.76. The molecule has 0 fully saturated rings. The molecule has 0 bridgehead atoms. The van der Waals surface area contributed by atoms with Crippen molar-refractivity contribution in [2.75, 3.05) is 38.5 Å². The largest absolute Gasteiger partial charge is 0.376 e. The summed E-state index contributed by atoms with van der Waals surface area (Å²) in [5, 5.41) is 14.3. The van der Waals surface area contributed by atoms with E-state index in [1.54, 1.807) is 23.9 Å². The molecule has 1 aliphatic rings. The first-order valence-electron chi connectivity index (χ1n) is 13.5. The summed E-state index contributed by atoms with van der Waals surface area (Å²) >= 11 is 0. The summed E-state index contributed by atoms with van der Waals surface area (Å²) in [6.45, 7) is 10.4. The van der Waals surface area contributed by atoms with Gasteiger partial charge in [0.1, 0.15) is 6.54 Å². The molecule has 208 valence electrons. The molecule has 10 heteroatoms. The summed E-state index contributed by atoms with van der Waals surface area (Å²) in [5.41, 5.74) is 5.16. The number of anilines is 1. The van der Waals surface area contributed by atoms with E-state index in [4.69, 9.17) is 4.52 Å². The molecule has 0 atom stereocenters. The fourth-order valence-electron chi connectivity index (χ4n) is 4.62. The van der Waals surface area contributed by atoms with Gasteiger partial charge in [-0.2, -0.15) is 4.98 Å². The predicted octanol–water partition coefficient (Wildman–Crippen LogP) is 3.24. The van der Waals surface area contributed by atoms with E-state index >= 15 is 0 Å². The molecule has 2 amide bonds. The van der Waals surface area contributed by atoms with E-state index in [0.29, 0.717) is 37.9 Å². The molecular weight excluding hydrogens is 494 g/mol. The second kappa shape index (κ2) is 12.9. The second-order valence-electron chi connectivity index (χ2n) is 10.1. The Morgan fingerprint density at radius 2 is 1.82 bits per heavy atom. The Labute approximate surface area is 230 Å². The van der Waals surface area contributed by atoms with Crippen molar-refractivity contribution >= 4 is 17.5 Å². The summed E-state index contributed by atoms with van der Waals surface area (Å²) in [6.07, 6.45) is 0.797. The summed E-state index contributed by atoms with van der Waals surface area (Å²) in [4.78, 5) is 32.7. The number of nitrogens with one attached hydrogen (secondary N) is 2. The van der Waals surface area contributed by atoms with Gasteiger partial charge in [-0.1, -0.05) is 62.3 Å². The zero-order valence-corrected chi connectivity index (χ0v) is 23.5. The van der Waals surface area contributed by atoms with Crippen molar-refractivity contribution in [1.82, 2.24) is 30.4 Å². The van der Waals surface area contributed by atoms with Crippen LogP contribution in [0.5, 0.6) is 0 Å². The van der Waals surface area contributed by atoms with Gasteiger partial charge in [-0.3, -0.25) is 14.6 Å². The number of carbonyl (C=O) groups excluding carboxylic acids is 2. The summed E-state index contributed by atoms with van der Waals surface area (Å²) < 4.78 is 5.12. The van der Waals surface area contributed by atoms with Crippen LogP contribution >= 0.6 is 0 Å². The molecule has 3 aromatic rings. The Morgan fingerprint density at radius 1 is 1.10 bits per heavy atom. The first-order valence-corrected chi connectivity index (χ1v) is 13.5. The van der Waals surface area contributed by atoms with Crippen LogP contribution in [-0.4, -0.2) is 76.1 Å². The van der Waals surface area contributed by atoms with E-state index in [-0.39, 0.29) is 30.9 Å². The second-order valence-corrected chi connectivity index (χ2v) is 10.1. The molecule has 0 saturated carbocycles. The zero-order chi connectivity index (χ0) is 27.9. The number of hydrogen-bond donors (Lipinski definition) is 2. The van der Waals surface area contributed by atoms with Gasteiger partial charge in [0, 0.05) is 57.4 Å². The molecule has 2 N–H and O–H groups in total. The Balaban J connectivity index is 1.42.